The molecule has 0 radical (unpaired) electrons. The van der Waals surface area contributed by atoms with Crippen LogP contribution in [0.1, 0.15) is 22.9 Å². The quantitative estimate of drug-likeness (QED) is 0.747. The molecule has 1 amide bonds. The molecule has 1 aliphatic heterocycles. The van der Waals surface area contributed by atoms with E-state index in [1.807, 2.05) is 43.5 Å². The maximum absolute atomic E-state index is 12.2. The van der Waals surface area contributed by atoms with Crippen LogP contribution in [0.25, 0.3) is 10.7 Å². The molecule has 3 heterocycles. The minimum atomic E-state index is -0.00162. The van der Waals surface area contributed by atoms with Gasteiger partial charge in [-0.05, 0) is 48.6 Å². The molecule has 1 N–H and O–H groups in total. The molecule has 1 aromatic carbocycles. The summed E-state index contributed by atoms with van der Waals surface area (Å²) in [6.45, 7) is 5.93. The van der Waals surface area contributed by atoms with Crippen LogP contribution in [-0.2, 0) is 4.79 Å². The maximum atomic E-state index is 12.2. The molecule has 1 saturated heterocycles. The van der Waals surface area contributed by atoms with Gasteiger partial charge in [0.15, 0.2) is 0 Å². The van der Waals surface area contributed by atoms with Crippen molar-refractivity contribution >= 4 is 22.9 Å². The highest BCUT2D eigenvalue weighted by atomic mass is 32.1. The summed E-state index contributed by atoms with van der Waals surface area (Å²) < 4.78 is 5.39. The molecule has 3 aromatic rings. The average molecular weight is 368 g/mol. The van der Waals surface area contributed by atoms with Crippen molar-refractivity contribution in [2.75, 3.05) is 25.0 Å². The van der Waals surface area contributed by atoms with E-state index in [0.29, 0.717) is 18.3 Å². The Morgan fingerprint density at radius 2 is 2.08 bits per heavy atom. The van der Waals surface area contributed by atoms with Crippen molar-refractivity contribution in [3.63, 3.8) is 0 Å². The van der Waals surface area contributed by atoms with Gasteiger partial charge in [0.2, 0.25) is 17.6 Å². The molecule has 0 spiro atoms. The van der Waals surface area contributed by atoms with Crippen molar-refractivity contribution in [2.45, 2.75) is 19.8 Å². The zero-order valence-electron chi connectivity index (χ0n) is 14.7. The number of aromatic nitrogens is 2. The number of aryl methyl sites for hydroxylation is 2. The van der Waals surface area contributed by atoms with E-state index in [-0.39, 0.29) is 11.8 Å². The lowest BCUT2D eigenvalue weighted by Crippen LogP contribution is -2.48. The zero-order chi connectivity index (χ0) is 18.1. The summed E-state index contributed by atoms with van der Waals surface area (Å²) in [5.41, 5.74) is 3.13. The van der Waals surface area contributed by atoms with Gasteiger partial charge in [-0.15, -0.1) is 11.3 Å². The molecule has 0 unspecified atom stereocenters. The largest absolute Gasteiger partial charge is 0.339 e. The number of nitrogens with one attached hydrogen (secondary N) is 1. The van der Waals surface area contributed by atoms with E-state index < -0.39 is 0 Å². The van der Waals surface area contributed by atoms with Crippen LogP contribution in [0.2, 0.25) is 0 Å². The fourth-order valence-electron chi connectivity index (χ4n) is 3.21. The molecule has 0 bridgehead atoms. The van der Waals surface area contributed by atoms with Crippen LogP contribution in [0.5, 0.6) is 0 Å². The summed E-state index contributed by atoms with van der Waals surface area (Å²) in [4.78, 5) is 19.8. The minimum Gasteiger partial charge on any atom is -0.339 e. The van der Waals surface area contributed by atoms with Crippen LogP contribution in [-0.4, -0.2) is 40.6 Å². The Labute approximate surface area is 155 Å². The molecule has 134 valence electrons. The van der Waals surface area contributed by atoms with E-state index in [9.17, 15) is 4.79 Å². The van der Waals surface area contributed by atoms with Crippen LogP contribution >= 0.6 is 11.3 Å². The van der Waals surface area contributed by atoms with E-state index in [4.69, 9.17) is 4.52 Å². The van der Waals surface area contributed by atoms with Crippen molar-refractivity contribution in [2.24, 2.45) is 0 Å². The fourth-order valence-corrected chi connectivity index (χ4v) is 3.86. The second kappa shape index (κ2) is 7.01. The van der Waals surface area contributed by atoms with Crippen LogP contribution in [0.15, 0.2) is 40.2 Å². The Morgan fingerprint density at radius 3 is 2.77 bits per heavy atom. The number of hydrogen-bond acceptors (Lipinski definition) is 6. The lowest BCUT2D eigenvalue weighted by atomic mass is 10.0. The van der Waals surface area contributed by atoms with E-state index in [1.54, 1.807) is 11.3 Å². The van der Waals surface area contributed by atoms with Crippen molar-refractivity contribution in [3.8, 4) is 10.7 Å². The number of carbonyl (C=O) groups is 1. The van der Waals surface area contributed by atoms with Gasteiger partial charge in [0.25, 0.3) is 0 Å². The van der Waals surface area contributed by atoms with Gasteiger partial charge in [-0.25, -0.2) is 0 Å². The average Bonchev–Trinajstić information content (AvgIpc) is 3.20. The monoisotopic (exact) mass is 368 g/mol. The summed E-state index contributed by atoms with van der Waals surface area (Å²) in [5, 5.41) is 9.01. The summed E-state index contributed by atoms with van der Waals surface area (Å²) >= 11 is 1.59. The lowest BCUT2D eigenvalue weighted by Gasteiger charge is -2.36. The molecule has 26 heavy (non-hydrogen) atoms. The normalized spacial score (nSPS) is 15.0. The topological polar surface area (TPSA) is 71.3 Å². The Hall–Kier alpha value is -2.51. The molecule has 1 aliphatic rings. The number of nitrogens with zero attached hydrogens (tertiary/aromatic N) is 3. The number of hydrogen-bond donors (Lipinski definition) is 1. The molecule has 7 heteroatoms. The van der Waals surface area contributed by atoms with Gasteiger partial charge in [0, 0.05) is 18.8 Å². The van der Waals surface area contributed by atoms with E-state index >= 15 is 0 Å². The van der Waals surface area contributed by atoms with Gasteiger partial charge < -0.3 is 9.84 Å². The Bertz CT molecular complexity index is 893. The summed E-state index contributed by atoms with van der Waals surface area (Å²) in [5.74, 6) is 1.49. The lowest BCUT2D eigenvalue weighted by molar-refractivity contribution is -0.118. The van der Waals surface area contributed by atoms with Gasteiger partial charge in [-0.2, -0.15) is 4.98 Å². The third-order valence-electron chi connectivity index (χ3n) is 4.36. The highest BCUT2D eigenvalue weighted by molar-refractivity contribution is 7.13. The molecule has 0 atom stereocenters. The van der Waals surface area contributed by atoms with Crippen molar-refractivity contribution in [1.29, 1.82) is 0 Å². The van der Waals surface area contributed by atoms with E-state index in [2.05, 4.69) is 26.4 Å². The summed E-state index contributed by atoms with van der Waals surface area (Å²) in [7, 11) is 0. The summed E-state index contributed by atoms with van der Waals surface area (Å²) in [6, 6.07) is 9.99. The predicted molar refractivity (Wildman–Crippen MR) is 101 cm³/mol. The first-order valence-electron chi connectivity index (χ1n) is 8.55. The van der Waals surface area contributed by atoms with Crippen LogP contribution in [0.3, 0.4) is 0 Å². The third-order valence-corrected chi connectivity index (χ3v) is 5.23. The molecule has 0 saturated carbocycles. The molecular weight excluding hydrogens is 348 g/mol. The predicted octanol–water partition coefficient (Wildman–Crippen LogP) is 3.45. The Balaban J connectivity index is 1.29. The molecule has 1 fully saturated rings. The van der Waals surface area contributed by atoms with Gasteiger partial charge in [-0.1, -0.05) is 17.3 Å². The van der Waals surface area contributed by atoms with Crippen LogP contribution in [0, 0.1) is 13.8 Å². The van der Waals surface area contributed by atoms with Gasteiger partial charge in [0.1, 0.15) is 0 Å². The van der Waals surface area contributed by atoms with Crippen molar-refractivity contribution in [3.05, 3.63) is 52.7 Å². The second-order valence-corrected chi connectivity index (χ2v) is 7.70. The number of anilines is 1. The molecule has 6 nitrogen and oxygen atoms in total. The smallest absolute Gasteiger partial charge is 0.238 e. The Morgan fingerprint density at radius 1 is 1.31 bits per heavy atom. The number of rotatable bonds is 5. The number of amides is 1. The van der Waals surface area contributed by atoms with E-state index in [0.717, 1.165) is 34.8 Å². The van der Waals surface area contributed by atoms with Gasteiger partial charge >= 0.3 is 0 Å². The highest BCUT2D eigenvalue weighted by Gasteiger charge is 2.33. The fraction of sp³-hybridized carbons (Fsp3) is 0.316. The molecular formula is C19H20N4O2S. The standard InChI is InChI=1S/C19H20N4O2S/c1-12-6-13(2)8-15(7-12)20-17(24)11-23-9-14(10-23)19-21-18(22-25-19)16-4-3-5-26-16/h3-8,14H,9-11H2,1-2H3,(H,20,24). The third kappa shape index (κ3) is 3.68. The number of likely N-dealkylation sites (tertiary alicyclic amines) is 1. The van der Waals surface area contributed by atoms with Crippen LogP contribution in [0.4, 0.5) is 5.69 Å². The maximum Gasteiger partial charge on any atom is 0.238 e. The zero-order valence-corrected chi connectivity index (χ0v) is 15.5. The second-order valence-electron chi connectivity index (χ2n) is 6.75. The highest BCUT2D eigenvalue weighted by Crippen LogP contribution is 2.28. The van der Waals surface area contributed by atoms with Crippen molar-refractivity contribution < 1.29 is 9.32 Å². The first kappa shape index (κ1) is 16.9. The molecule has 0 aliphatic carbocycles. The molecule has 2 aromatic heterocycles. The number of thiophene rings is 1. The Kier molecular flexibility index (Phi) is 4.57. The minimum absolute atomic E-state index is 0.00162. The number of carbonyl (C=O) groups excluding carboxylic acids is 1. The first-order chi connectivity index (χ1) is 12.6. The summed E-state index contributed by atoms with van der Waals surface area (Å²) in [6.07, 6.45) is 0. The van der Waals surface area contributed by atoms with Crippen molar-refractivity contribution in [1.82, 2.24) is 15.0 Å². The number of benzene rings is 1. The van der Waals surface area contributed by atoms with Gasteiger partial charge in [-0.3, -0.25) is 9.69 Å². The van der Waals surface area contributed by atoms with Crippen LogP contribution < -0.4 is 5.32 Å². The SMILES string of the molecule is Cc1cc(C)cc(NC(=O)CN2CC(c3nc(-c4cccs4)no3)C2)c1. The molecule has 4 rings (SSSR count). The first-order valence-corrected chi connectivity index (χ1v) is 9.43. The van der Waals surface area contributed by atoms with Gasteiger partial charge in [0.05, 0.1) is 17.3 Å². The van der Waals surface area contributed by atoms with E-state index in [1.165, 1.54) is 0 Å².